The van der Waals surface area contributed by atoms with E-state index >= 15 is 0 Å². The monoisotopic (exact) mass is 1030 g/mol. The highest BCUT2D eigenvalue weighted by atomic mass is 16.6. The molecule has 0 aromatic carbocycles. The predicted molar refractivity (Wildman–Crippen MR) is 267 cm³/mol. The van der Waals surface area contributed by atoms with Crippen LogP contribution < -0.4 is 0 Å². The summed E-state index contributed by atoms with van der Waals surface area (Å²) in [5.41, 5.74) is 0. The molecule has 22 nitrogen and oxygen atoms in total. The van der Waals surface area contributed by atoms with Gasteiger partial charge < -0.3 is 75.8 Å². The Kier molecular flexibility index (Phi) is 42.0. The lowest BCUT2D eigenvalue weighted by molar-refractivity contribution is -0.0319. The number of nitrogens with zero attached hydrogens (tertiary/aromatic N) is 6. The van der Waals surface area contributed by atoms with Crippen molar-refractivity contribution in [2.24, 2.45) is 0 Å². The number of hydrogen-bond acceptors (Lipinski definition) is 22. The van der Waals surface area contributed by atoms with Crippen LogP contribution >= 0.6 is 0 Å². The largest absolute Gasteiger partial charge is 0.379 e. The van der Waals surface area contributed by atoms with Crippen molar-refractivity contribution in [2.45, 2.75) is 0 Å². The molecule has 7 heterocycles. The normalized spacial score (nSPS) is 31.1. The molecule has 0 N–H and O–H groups in total. The van der Waals surface area contributed by atoms with E-state index in [1.165, 1.54) is 0 Å². The summed E-state index contributed by atoms with van der Waals surface area (Å²) in [6.07, 6.45) is 0. The molecule has 7 saturated heterocycles. The van der Waals surface area contributed by atoms with Crippen LogP contribution in [0.25, 0.3) is 0 Å². The second kappa shape index (κ2) is 47.6. The van der Waals surface area contributed by atoms with Gasteiger partial charge in [-0.3, -0.25) is 29.4 Å². The average Bonchev–Trinajstić information content (AvgIpc) is 3.40. The van der Waals surface area contributed by atoms with Gasteiger partial charge in [0.15, 0.2) is 0 Å². The van der Waals surface area contributed by atoms with E-state index in [0.29, 0.717) is 145 Å². The van der Waals surface area contributed by atoms with Crippen molar-refractivity contribution in [3.8, 4) is 0 Å². The van der Waals surface area contributed by atoms with Gasteiger partial charge in [-0.25, -0.2) is 0 Å². The molecule has 7 aliphatic rings. The first-order chi connectivity index (χ1) is 35.3. The molecule has 0 amide bonds. The minimum atomic E-state index is 0.596. The first-order valence-electron chi connectivity index (χ1n) is 26.9. The van der Waals surface area contributed by atoms with Crippen molar-refractivity contribution in [1.29, 1.82) is 0 Å². The molecule has 0 radical (unpaired) electrons. The van der Waals surface area contributed by atoms with Crippen LogP contribution in [0.5, 0.6) is 0 Å². The number of ether oxygens (including phenoxy) is 16. The Bertz CT molecular complexity index is 993. The Hall–Kier alpha value is -0.880. The van der Waals surface area contributed by atoms with Crippen LogP contribution in [0.15, 0.2) is 0 Å². The number of fused-ring (bicyclic) bond motifs is 33. The van der Waals surface area contributed by atoms with Crippen LogP contribution in [0.4, 0.5) is 0 Å². The quantitative estimate of drug-likeness (QED) is 0.273. The third-order valence-electron chi connectivity index (χ3n) is 12.3. The Labute approximate surface area is 427 Å². The smallest absolute Gasteiger partial charge is 0.0992 e. The first kappa shape index (κ1) is 62.7. The fourth-order valence-electron chi connectivity index (χ4n) is 7.76. The summed E-state index contributed by atoms with van der Waals surface area (Å²) >= 11 is 0. The minimum absolute atomic E-state index is 0.596. The molecular weight excluding hydrogens is 929 g/mol. The van der Waals surface area contributed by atoms with Gasteiger partial charge in [0.25, 0.3) is 0 Å². The standard InChI is InChI=1S/C18H36N2O6.C16H32N2O5.C15H30N2O5/c1-7-21-13-14-24-10-4-20-5-11-25-17-15-22-8-2-19(1)3-9-23-16-18-26-12-6-20;1-7-19-8-2-18-5-11-22-15-13-20-9-3-17(1)4-10-21-14-16-23-12-6-18;1-6-18-9-4-17-5-10-21-12-11-19-7-2-16(1)3-8-20-13-14-22-15-17/h1-18H2;1-16H2;1-15H2. The molecule has 2 unspecified atom stereocenters. The van der Waals surface area contributed by atoms with Crippen LogP contribution in [0, 0.1) is 0 Å². The van der Waals surface area contributed by atoms with Gasteiger partial charge in [0, 0.05) is 111 Å². The Morgan fingerprint density at radius 1 is 0.113 bits per heavy atom. The summed E-state index contributed by atoms with van der Waals surface area (Å²) in [6, 6.07) is 0. The summed E-state index contributed by atoms with van der Waals surface area (Å²) in [7, 11) is 0. The molecule has 0 aromatic heterocycles. The molecule has 7 rings (SSSR count). The Morgan fingerprint density at radius 2 is 0.225 bits per heavy atom. The summed E-state index contributed by atoms with van der Waals surface area (Å²) in [5.74, 6) is 0. The van der Waals surface area contributed by atoms with Gasteiger partial charge in [0.1, 0.15) is 0 Å². The van der Waals surface area contributed by atoms with E-state index in [1.807, 2.05) is 0 Å². The van der Waals surface area contributed by atoms with Gasteiger partial charge in [0.05, 0.1) is 212 Å². The number of hydrogen-bond donors (Lipinski definition) is 0. The second-order valence-corrected chi connectivity index (χ2v) is 17.5. The van der Waals surface area contributed by atoms with Crippen LogP contribution in [-0.2, 0) is 75.8 Å². The van der Waals surface area contributed by atoms with E-state index < -0.39 is 0 Å². The molecule has 6 bridgehead atoms. The SMILES string of the molecule is C1COCCN2CCOCCN(CCO1)CCOCCOC2.C1COCCN2CCOCCOCCN(CCO1)CCOCC2.C1COCCN2CCOCCOCCN(CCO1)CCOCCOCC2. The molecule has 0 aromatic rings. The van der Waals surface area contributed by atoms with Gasteiger partial charge in [-0.1, -0.05) is 0 Å². The minimum Gasteiger partial charge on any atom is -0.379 e. The molecule has 0 spiro atoms. The van der Waals surface area contributed by atoms with Gasteiger partial charge in [-0.05, 0) is 0 Å². The zero-order valence-electron chi connectivity index (χ0n) is 43.9. The van der Waals surface area contributed by atoms with E-state index in [0.717, 1.165) is 177 Å². The third-order valence-corrected chi connectivity index (χ3v) is 12.3. The summed E-state index contributed by atoms with van der Waals surface area (Å²) in [6.45, 7) is 36.8. The highest BCUT2D eigenvalue weighted by Crippen LogP contribution is 2.00. The third kappa shape index (κ3) is 37.5. The molecule has 0 saturated carbocycles. The van der Waals surface area contributed by atoms with Crippen molar-refractivity contribution in [1.82, 2.24) is 29.4 Å². The highest BCUT2D eigenvalue weighted by Gasteiger charge is 2.13. The molecule has 0 aliphatic carbocycles. The Balaban J connectivity index is 0.000000232. The molecule has 22 heteroatoms. The summed E-state index contributed by atoms with van der Waals surface area (Å²) in [4.78, 5) is 13.8. The zero-order valence-corrected chi connectivity index (χ0v) is 43.9. The fraction of sp³-hybridized carbons (Fsp3) is 1.00. The van der Waals surface area contributed by atoms with Gasteiger partial charge in [-0.15, -0.1) is 0 Å². The van der Waals surface area contributed by atoms with Crippen molar-refractivity contribution < 1.29 is 75.8 Å². The van der Waals surface area contributed by atoms with E-state index in [-0.39, 0.29) is 0 Å². The van der Waals surface area contributed by atoms with E-state index in [1.54, 1.807) is 0 Å². The molecular formula is C49H98N6O16. The zero-order chi connectivity index (χ0) is 49.4. The van der Waals surface area contributed by atoms with Gasteiger partial charge in [-0.2, -0.15) is 0 Å². The van der Waals surface area contributed by atoms with Gasteiger partial charge >= 0.3 is 0 Å². The van der Waals surface area contributed by atoms with Crippen LogP contribution in [0.2, 0.25) is 0 Å². The average molecular weight is 1030 g/mol. The van der Waals surface area contributed by atoms with E-state index in [4.69, 9.17) is 75.8 Å². The summed E-state index contributed by atoms with van der Waals surface area (Å²) < 4.78 is 90.9. The maximum atomic E-state index is 5.80. The van der Waals surface area contributed by atoms with Crippen molar-refractivity contribution in [3.05, 3.63) is 0 Å². The van der Waals surface area contributed by atoms with Crippen molar-refractivity contribution in [3.63, 3.8) is 0 Å². The van der Waals surface area contributed by atoms with E-state index in [9.17, 15) is 0 Å². The van der Waals surface area contributed by atoms with Crippen LogP contribution in [-0.4, -0.2) is 352 Å². The number of rotatable bonds is 0. The van der Waals surface area contributed by atoms with Crippen molar-refractivity contribution >= 4 is 0 Å². The molecule has 2 atom stereocenters. The van der Waals surface area contributed by atoms with Crippen LogP contribution in [0.3, 0.4) is 0 Å². The lowest BCUT2D eigenvalue weighted by Crippen LogP contribution is -2.36. The molecule has 420 valence electrons. The maximum Gasteiger partial charge on any atom is 0.0992 e. The predicted octanol–water partition coefficient (Wildman–Crippen LogP) is -0.924. The molecule has 7 aliphatic heterocycles. The molecule has 71 heavy (non-hydrogen) atoms. The van der Waals surface area contributed by atoms with Crippen LogP contribution in [0.1, 0.15) is 0 Å². The maximum absolute atomic E-state index is 5.80. The second-order valence-electron chi connectivity index (χ2n) is 17.5. The Morgan fingerprint density at radius 3 is 0.380 bits per heavy atom. The first-order valence-corrected chi connectivity index (χ1v) is 26.9. The fourth-order valence-corrected chi connectivity index (χ4v) is 7.76. The highest BCUT2D eigenvalue weighted by molar-refractivity contribution is 4.64. The lowest BCUT2D eigenvalue weighted by atomic mass is 10.4. The van der Waals surface area contributed by atoms with Crippen molar-refractivity contribution in [2.75, 3.05) is 323 Å². The molecule has 7 fully saturated rings. The lowest BCUT2D eigenvalue weighted by Gasteiger charge is -2.24. The summed E-state index contributed by atoms with van der Waals surface area (Å²) in [5, 5.41) is 0. The topological polar surface area (TPSA) is 167 Å². The van der Waals surface area contributed by atoms with Gasteiger partial charge in [0.2, 0.25) is 0 Å². The van der Waals surface area contributed by atoms with E-state index in [2.05, 4.69) is 29.4 Å².